The summed E-state index contributed by atoms with van der Waals surface area (Å²) in [6.07, 6.45) is 1.67. The van der Waals surface area contributed by atoms with E-state index in [-0.39, 0.29) is 23.7 Å². The third kappa shape index (κ3) is 3.93. The van der Waals surface area contributed by atoms with Gasteiger partial charge in [-0.25, -0.2) is 9.37 Å². The number of piperidine rings is 1. The molecule has 0 radical (unpaired) electrons. The fraction of sp³-hybridized carbons (Fsp3) is 0.444. The first-order valence-corrected chi connectivity index (χ1v) is 9.14. The smallest absolute Gasteiger partial charge is 0.223 e. The van der Waals surface area contributed by atoms with Gasteiger partial charge in [0.15, 0.2) is 5.13 Å². The maximum Gasteiger partial charge on any atom is 0.223 e. The number of hydrogen-bond donors (Lipinski definition) is 1. The predicted octanol–water partition coefficient (Wildman–Crippen LogP) is 3.68. The number of benzene rings is 1. The van der Waals surface area contributed by atoms with Crippen LogP contribution in [0.15, 0.2) is 29.6 Å². The molecule has 2 heterocycles. The highest BCUT2D eigenvalue weighted by Gasteiger charge is 2.27. The standard InChI is InChI=1S/C18H22FN3OS/c1-12-11-24-18(20-12)22-9-7-15(8-10-22)17(23)21-13(2)14-3-5-16(19)6-4-14/h3-6,11,13,15H,7-10H2,1-2H3,(H,21,23)/t13-/m1/s1. The molecule has 128 valence electrons. The van der Waals surface area contributed by atoms with Gasteiger partial charge in [-0.1, -0.05) is 12.1 Å². The zero-order valence-corrected chi connectivity index (χ0v) is 14.8. The normalized spacial score (nSPS) is 16.9. The molecule has 1 N–H and O–H groups in total. The number of thiazole rings is 1. The van der Waals surface area contributed by atoms with Crippen LogP contribution in [-0.2, 0) is 4.79 Å². The largest absolute Gasteiger partial charge is 0.349 e. The second-order valence-corrected chi connectivity index (χ2v) is 7.15. The van der Waals surface area contributed by atoms with Crippen molar-refractivity contribution in [3.8, 4) is 0 Å². The first kappa shape index (κ1) is 16.9. The third-order valence-electron chi connectivity index (χ3n) is 4.47. The average molecular weight is 347 g/mol. The van der Waals surface area contributed by atoms with Gasteiger partial charge in [0, 0.05) is 24.4 Å². The summed E-state index contributed by atoms with van der Waals surface area (Å²) in [6.45, 7) is 5.64. The van der Waals surface area contributed by atoms with Crippen LogP contribution < -0.4 is 10.2 Å². The molecule has 0 saturated carbocycles. The second-order valence-electron chi connectivity index (χ2n) is 6.31. The number of hydrogen-bond acceptors (Lipinski definition) is 4. The number of anilines is 1. The Hall–Kier alpha value is -1.95. The fourth-order valence-corrected chi connectivity index (χ4v) is 3.84. The molecule has 6 heteroatoms. The number of aryl methyl sites for hydroxylation is 1. The molecule has 0 bridgehead atoms. The van der Waals surface area contributed by atoms with Gasteiger partial charge in [-0.3, -0.25) is 4.79 Å². The molecule has 1 atom stereocenters. The van der Waals surface area contributed by atoms with Crippen LogP contribution in [0.4, 0.5) is 9.52 Å². The average Bonchev–Trinajstić information content (AvgIpc) is 3.02. The van der Waals surface area contributed by atoms with E-state index in [1.807, 2.05) is 13.8 Å². The minimum Gasteiger partial charge on any atom is -0.349 e. The van der Waals surface area contributed by atoms with Crippen LogP contribution in [-0.4, -0.2) is 24.0 Å². The highest BCUT2D eigenvalue weighted by atomic mass is 32.1. The summed E-state index contributed by atoms with van der Waals surface area (Å²) in [7, 11) is 0. The van der Waals surface area contributed by atoms with Crippen molar-refractivity contribution in [2.24, 2.45) is 5.92 Å². The minimum absolute atomic E-state index is 0.0326. The molecule has 1 amide bonds. The highest BCUT2D eigenvalue weighted by molar-refractivity contribution is 7.13. The Morgan fingerprint density at radius 1 is 1.33 bits per heavy atom. The van der Waals surface area contributed by atoms with Gasteiger partial charge in [0.25, 0.3) is 0 Å². The van der Waals surface area contributed by atoms with Crippen molar-refractivity contribution < 1.29 is 9.18 Å². The molecular weight excluding hydrogens is 325 g/mol. The van der Waals surface area contributed by atoms with Crippen molar-refractivity contribution in [3.63, 3.8) is 0 Å². The van der Waals surface area contributed by atoms with E-state index in [1.54, 1.807) is 23.5 Å². The molecule has 3 rings (SSSR count). The molecule has 0 aliphatic carbocycles. The lowest BCUT2D eigenvalue weighted by molar-refractivity contribution is -0.126. The summed E-state index contributed by atoms with van der Waals surface area (Å²) in [5.74, 6) is -0.144. The quantitative estimate of drug-likeness (QED) is 0.917. The lowest BCUT2D eigenvalue weighted by atomic mass is 9.95. The van der Waals surface area contributed by atoms with E-state index in [2.05, 4.69) is 20.6 Å². The zero-order chi connectivity index (χ0) is 17.1. The van der Waals surface area contributed by atoms with Gasteiger partial charge in [-0.2, -0.15) is 0 Å². The Labute approximate surface area is 145 Å². The number of amides is 1. The SMILES string of the molecule is Cc1csc(N2CCC(C(=O)N[C@H](C)c3ccc(F)cc3)CC2)n1. The Bertz CT molecular complexity index is 693. The minimum atomic E-state index is -0.262. The van der Waals surface area contributed by atoms with Crippen LogP contribution in [0.1, 0.15) is 37.1 Å². The molecular formula is C18H22FN3OS. The molecule has 0 unspecified atom stereocenters. The highest BCUT2D eigenvalue weighted by Crippen LogP contribution is 2.26. The number of carbonyl (C=O) groups excluding carboxylic acids is 1. The van der Waals surface area contributed by atoms with Crippen molar-refractivity contribution in [2.45, 2.75) is 32.7 Å². The lowest BCUT2D eigenvalue weighted by Crippen LogP contribution is -2.41. The maximum absolute atomic E-state index is 13.0. The monoisotopic (exact) mass is 347 g/mol. The van der Waals surface area contributed by atoms with Crippen molar-refractivity contribution in [3.05, 3.63) is 46.7 Å². The van der Waals surface area contributed by atoms with Crippen molar-refractivity contribution >= 4 is 22.4 Å². The molecule has 24 heavy (non-hydrogen) atoms. The molecule has 4 nitrogen and oxygen atoms in total. The van der Waals surface area contributed by atoms with Gasteiger partial charge in [0.05, 0.1) is 11.7 Å². The second kappa shape index (κ2) is 7.30. The van der Waals surface area contributed by atoms with E-state index in [9.17, 15) is 9.18 Å². The Morgan fingerprint density at radius 3 is 2.58 bits per heavy atom. The number of rotatable bonds is 4. The number of nitrogens with zero attached hydrogens (tertiary/aromatic N) is 2. The van der Waals surface area contributed by atoms with Crippen LogP contribution in [0.3, 0.4) is 0 Å². The van der Waals surface area contributed by atoms with E-state index >= 15 is 0 Å². The zero-order valence-electron chi connectivity index (χ0n) is 14.0. The van der Waals surface area contributed by atoms with E-state index in [4.69, 9.17) is 0 Å². The molecule has 1 saturated heterocycles. The summed E-state index contributed by atoms with van der Waals surface area (Å²) in [4.78, 5) is 19.2. The summed E-state index contributed by atoms with van der Waals surface area (Å²) in [5.41, 5.74) is 1.96. The Kier molecular flexibility index (Phi) is 5.14. The van der Waals surface area contributed by atoms with Gasteiger partial charge < -0.3 is 10.2 Å². The summed E-state index contributed by atoms with van der Waals surface area (Å²) in [5, 5.41) is 6.15. The first-order valence-electron chi connectivity index (χ1n) is 8.26. The molecule has 1 fully saturated rings. The summed E-state index contributed by atoms with van der Waals surface area (Å²) < 4.78 is 13.0. The number of carbonyl (C=O) groups is 1. The lowest BCUT2D eigenvalue weighted by Gasteiger charge is -2.31. The molecule has 1 aromatic carbocycles. The summed E-state index contributed by atoms with van der Waals surface area (Å²) >= 11 is 1.66. The first-order chi connectivity index (χ1) is 11.5. The van der Waals surface area contributed by atoms with Crippen LogP contribution in [0.25, 0.3) is 0 Å². The summed E-state index contributed by atoms with van der Waals surface area (Å²) in [6, 6.07) is 6.16. The molecule has 2 aromatic rings. The van der Waals surface area contributed by atoms with Gasteiger partial charge in [0.1, 0.15) is 5.82 Å². The van der Waals surface area contributed by atoms with Crippen molar-refractivity contribution in [2.75, 3.05) is 18.0 Å². The van der Waals surface area contributed by atoms with E-state index in [0.717, 1.165) is 42.3 Å². The Morgan fingerprint density at radius 2 is 2.00 bits per heavy atom. The van der Waals surface area contributed by atoms with Crippen molar-refractivity contribution in [1.82, 2.24) is 10.3 Å². The number of aromatic nitrogens is 1. The van der Waals surface area contributed by atoms with Gasteiger partial charge in [0.2, 0.25) is 5.91 Å². The fourth-order valence-electron chi connectivity index (χ4n) is 2.99. The molecule has 1 aliphatic rings. The topological polar surface area (TPSA) is 45.2 Å². The van der Waals surface area contributed by atoms with Crippen LogP contribution in [0.2, 0.25) is 0 Å². The number of nitrogens with one attached hydrogen (secondary N) is 1. The van der Waals surface area contributed by atoms with Gasteiger partial charge in [-0.05, 0) is 44.4 Å². The maximum atomic E-state index is 13.0. The van der Waals surface area contributed by atoms with Gasteiger partial charge in [-0.15, -0.1) is 11.3 Å². The molecule has 1 aromatic heterocycles. The number of halogens is 1. The molecule has 1 aliphatic heterocycles. The van der Waals surface area contributed by atoms with E-state index in [1.165, 1.54) is 12.1 Å². The van der Waals surface area contributed by atoms with Crippen LogP contribution in [0.5, 0.6) is 0 Å². The van der Waals surface area contributed by atoms with E-state index in [0.29, 0.717) is 0 Å². The molecule has 0 spiro atoms. The van der Waals surface area contributed by atoms with Crippen LogP contribution in [0, 0.1) is 18.7 Å². The van der Waals surface area contributed by atoms with E-state index < -0.39 is 0 Å². The Balaban J connectivity index is 1.52. The van der Waals surface area contributed by atoms with Crippen molar-refractivity contribution in [1.29, 1.82) is 0 Å². The predicted molar refractivity (Wildman–Crippen MR) is 94.7 cm³/mol. The van der Waals surface area contributed by atoms with Gasteiger partial charge >= 0.3 is 0 Å². The third-order valence-corrected chi connectivity index (χ3v) is 5.49. The van der Waals surface area contributed by atoms with Crippen LogP contribution >= 0.6 is 11.3 Å².